The van der Waals surface area contributed by atoms with Crippen LogP contribution in [0.2, 0.25) is 0 Å². The molecule has 0 saturated carbocycles. The average molecular weight is 494 g/mol. The monoisotopic (exact) mass is 493 g/mol. The summed E-state index contributed by atoms with van der Waals surface area (Å²) in [6.07, 6.45) is 5.50. The van der Waals surface area contributed by atoms with Crippen LogP contribution in [0, 0.1) is 0 Å². The Kier molecular flexibility index (Phi) is 8.16. The number of benzene rings is 2. The fourth-order valence-corrected chi connectivity index (χ4v) is 4.88. The lowest BCUT2D eigenvalue weighted by Gasteiger charge is -2.13. The number of ether oxygens (including phenoxy) is 2. The molecule has 1 amide bonds. The van der Waals surface area contributed by atoms with Crippen LogP contribution >= 0.6 is 24.0 Å². The van der Waals surface area contributed by atoms with E-state index >= 15 is 0 Å². The minimum atomic E-state index is -0.0791. The third-order valence-corrected chi connectivity index (χ3v) is 6.61. The van der Waals surface area contributed by atoms with Gasteiger partial charge in [0.25, 0.3) is 5.91 Å². The Morgan fingerprint density at radius 1 is 1.12 bits per heavy atom. The van der Waals surface area contributed by atoms with Crippen LogP contribution in [-0.2, 0) is 9.53 Å². The number of para-hydroxylation sites is 1. The molecule has 1 aliphatic heterocycles. The summed E-state index contributed by atoms with van der Waals surface area (Å²) in [6, 6.07) is 17.8. The first-order chi connectivity index (χ1) is 16.6. The van der Waals surface area contributed by atoms with Gasteiger partial charge in [0.1, 0.15) is 15.8 Å². The van der Waals surface area contributed by atoms with Gasteiger partial charge >= 0.3 is 0 Å². The number of carbonyl (C=O) groups excluding carboxylic acids is 1. The van der Waals surface area contributed by atoms with Crippen molar-refractivity contribution in [3.8, 4) is 22.7 Å². The molecule has 3 aromatic rings. The summed E-state index contributed by atoms with van der Waals surface area (Å²) in [6.45, 7) is 3.86. The van der Waals surface area contributed by atoms with Crippen molar-refractivity contribution in [1.29, 1.82) is 0 Å². The lowest BCUT2D eigenvalue weighted by molar-refractivity contribution is -0.122. The Hall–Kier alpha value is -2.94. The first-order valence-corrected chi connectivity index (χ1v) is 12.5. The van der Waals surface area contributed by atoms with Crippen LogP contribution in [0.5, 0.6) is 5.75 Å². The Bertz CT molecular complexity index is 1190. The van der Waals surface area contributed by atoms with Gasteiger partial charge in [0, 0.05) is 37.6 Å². The highest BCUT2D eigenvalue weighted by atomic mass is 32.2. The molecule has 0 unspecified atom stereocenters. The zero-order valence-corrected chi connectivity index (χ0v) is 20.9. The van der Waals surface area contributed by atoms with E-state index in [1.807, 2.05) is 71.6 Å². The maximum absolute atomic E-state index is 13.1. The van der Waals surface area contributed by atoms with Crippen LogP contribution in [0.1, 0.15) is 25.3 Å². The molecule has 2 aromatic carbocycles. The fourth-order valence-electron chi connectivity index (χ4n) is 3.58. The van der Waals surface area contributed by atoms with Crippen LogP contribution in [0.15, 0.2) is 65.7 Å². The van der Waals surface area contributed by atoms with Crippen LogP contribution in [0.25, 0.3) is 23.0 Å². The molecule has 6 nitrogen and oxygen atoms in total. The molecule has 0 aliphatic carbocycles. The molecule has 34 heavy (non-hydrogen) atoms. The highest BCUT2D eigenvalue weighted by Crippen LogP contribution is 2.35. The Morgan fingerprint density at radius 2 is 1.94 bits per heavy atom. The largest absolute Gasteiger partial charge is 0.494 e. The van der Waals surface area contributed by atoms with Crippen LogP contribution in [-0.4, -0.2) is 51.8 Å². The number of amides is 1. The molecule has 1 aliphatic rings. The Morgan fingerprint density at radius 3 is 2.71 bits per heavy atom. The van der Waals surface area contributed by atoms with Crippen LogP contribution in [0.4, 0.5) is 0 Å². The predicted molar refractivity (Wildman–Crippen MR) is 141 cm³/mol. The van der Waals surface area contributed by atoms with Gasteiger partial charge in [0.05, 0.1) is 17.2 Å². The van der Waals surface area contributed by atoms with Crippen molar-refractivity contribution in [3.63, 3.8) is 0 Å². The van der Waals surface area contributed by atoms with Gasteiger partial charge in [-0.3, -0.25) is 9.69 Å². The molecule has 1 aromatic heterocycles. The molecule has 0 atom stereocenters. The zero-order valence-electron chi connectivity index (χ0n) is 19.3. The number of aromatic nitrogens is 2. The van der Waals surface area contributed by atoms with Crippen molar-refractivity contribution in [2.75, 3.05) is 26.9 Å². The van der Waals surface area contributed by atoms with E-state index in [-0.39, 0.29) is 5.91 Å². The summed E-state index contributed by atoms with van der Waals surface area (Å²) in [5.41, 5.74) is 3.48. The van der Waals surface area contributed by atoms with Crippen LogP contribution < -0.4 is 4.74 Å². The molecular weight excluding hydrogens is 466 g/mol. The van der Waals surface area contributed by atoms with Crippen molar-refractivity contribution in [2.24, 2.45) is 0 Å². The van der Waals surface area contributed by atoms with Gasteiger partial charge in [-0.1, -0.05) is 61.2 Å². The second-order valence-corrected chi connectivity index (χ2v) is 9.44. The van der Waals surface area contributed by atoms with E-state index in [1.165, 1.54) is 11.8 Å². The standard InChI is InChI=1S/C26H27N3O3S2/c1-3-14-32-22-12-7-9-19(16-22)24-20(18-29(27-24)21-10-5-4-6-11-21)17-23-25(30)28(26(33)34-23)13-8-15-31-2/h4-7,9-12,16-18H,3,8,13-15H2,1-2H3/b23-17-. The second kappa shape index (κ2) is 11.5. The average Bonchev–Trinajstić information content (AvgIpc) is 3.40. The van der Waals surface area contributed by atoms with Crippen molar-refractivity contribution in [2.45, 2.75) is 19.8 Å². The van der Waals surface area contributed by atoms with Crippen molar-refractivity contribution in [3.05, 3.63) is 71.3 Å². The Balaban J connectivity index is 1.71. The van der Waals surface area contributed by atoms with Gasteiger partial charge in [-0.05, 0) is 43.2 Å². The lowest BCUT2D eigenvalue weighted by atomic mass is 10.1. The van der Waals surface area contributed by atoms with E-state index in [9.17, 15) is 4.79 Å². The van der Waals surface area contributed by atoms with Gasteiger partial charge in [0.15, 0.2) is 0 Å². The molecule has 8 heteroatoms. The summed E-state index contributed by atoms with van der Waals surface area (Å²) in [4.78, 5) is 15.3. The first kappa shape index (κ1) is 24.2. The van der Waals surface area contributed by atoms with E-state index in [0.29, 0.717) is 29.0 Å². The highest BCUT2D eigenvalue weighted by Gasteiger charge is 2.32. The zero-order chi connectivity index (χ0) is 23.9. The molecule has 0 bridgehead atoms. The number of methoxy groups -OCH3 is 1. The number of carbonyl (C=O) groups is 1. The number of thioether (sulfide) groups is 1. The summed E-state index contributed by atoms with van der Waals surface area (Å²) >= 11 is 6.80. The molecule has 2 heterocycles. The van der Waals surface area contributed by atoms with Crippen molar-refractivity contribution < 1.29 is 14.3 Å². The molecule has 0 spiro atoms. The second-order valence-electron chi connectivity index (χ2n) is 7.77. The van der Waals surface area contributed by atoms with E-state index < -0.39 is 0 Å². The molecule has 0 N–H and O–H groups in total. The number of thiocarbonyl (C=S) groups is 1. The van der Waals surface area contributed by atoms with E-state index in [4.69, 9.17) is 26.8 Å². The minimum Gasteiger partial charge on any atom is -0.494 e. The van der Waals surface area contributed by atoms with Gasteiger partial charge in [-0.25, -0.2) is 4.68 Å². The normalized spacial score (nSPS) is 14.9. The molecule has 4 rings (SSSR count). The third kappa shape index (κ3) is 5.58. The number of rotatable bonds is 10. The number of hydrogen-bond donors (Lipinski definition) is 0. The first-order valence-electron chi connectivity index (χ1n) is 11.2. The van der Waals surface area contributed by atoms with Crippen LogP contribution in [0.3, 0.4) is 0 Å². The quantitative estimate of drug-likeness (QED) is 0.209. The number of nitrogens with zero attached hydrogens (tertiary/aromatic N) is 3. The van der Waals surface area contributed by atoms with Gasteiger partial charge in [-0.15, -0.1) is 0 Å². The molecule has 1 saturated heterocycles. The summed E-state index contributed by atoms with van der Waals surface area (Å²) in [5, 5.41) is 4.87. The topological polar surface area (TPSA) is 56.6 Å². The third-order valence-electron chi connectivity index (χ3n) is 5.23. The molecule has 176 valence electrons. The highest BCUT2D eigenvalue weighted by molar-refractivity contribution is 8.26. The SMILES string of the molecule is CCCOc1cccc(-c2nn(-c3ccccc3)cc2/C=C2\SC(=S)N(CCCOC)C2=O)c1. The van der Waals surface area contributed by atoms with Crippen molar-refractivity contribution in [1.82, 2.24) is 14.7 Å². The molecule has 1 fully saturated rings. The fraction of sp³-hybridized carbons (Fsp3) is 0.269. The van der Waals surface area contributed by atoms with Gasteiger partial charge in [-0.2, -0.15) is 5.10 Å². The number of hydrogen-bond acceptors (Lipinski definition) is 6. The molecular formula is C26H27N3O3S2. The summed E-state index contributed by atoms with van der Waals surface area (Å²) in [7, 11) is 1.65. The lowest BCUT2D eigenvalue weighted by Crippen LogP contribution is -2.29. The predicted octanol–water partition coefficient (Wildman–Crippen LogP) is 5.57. The van der Waals surface area contributed by atoms with E-state index in [0.717, 1.165) is 41.1 Å². The Labute approximate surface area is 209 Å². The van der Waals surface area contributed by atoms with Gasteiger partial charge < -0.3 is 9.47 Å². The van der Waals surface area contributed by atoms with E-state index in [2.05, 4.69) is 6.92 Å². The molecule has 0 radical (unpaired) electrons. The minimum absolute atomic E-state index is 0.0791. The maximum atomic E-state index is 13.1. The summed E-state index contributed by atoms with van der Waals surface area (Å²) in [5.74, 6) is 0.716. The smallest absolute Gasteiger partial charge is 0.266 e. The van der Waals surface area contributed by atoms with Crippen molar-refractivity contribution >= 4 is 40.3 Å². The van der Waals surface area contributed by atoms with Gasteiger partial charge in [0.2, 0.25) is 0 Å². The maximum Gasteiger partial charge on any atom is 0.266 e. The summed E-state index contributed by atoms with van der Waals surface area (Å²) < 4.78 is 13.3. The van der Waals surface area contributed by atoms with E-state index in [1.54, 1.807) is 12.0 Å².